The third-order valence-corrected chi connectivity index (χ3v) is 12.0. The predicted octanol–water partition coefficient (Wildman–Crippen LogP) is 12.8. The van der Waals surface area contributed by atoms with Crippen LogP contribution in [-0.4, -0.2) is 9.55 Å². The molecule has 7 rings (SSSR count). The molecule has 1 aliphatic carbocycles. The van der Waals surface area contributed by atoms with E-state index in [9.17, 15) is 0 Å². The number of hydrogen-bond acceptors (Lipinski definition) is 2. The van der Waals surface area contributed by atoms with Gasteiger partial charge in [-0.2, -0.15) is 0 Å². The van der Waals surface area contributed by atoms with E-state index >= 15 is 0 Å². The van der Waals surface area contributed by atoms with Crippen molar-refractivity contribution in [3.8, 4) is 49.1 Å². The summed E-state index contributed by atoms with van der Waals surface area (Å²) in [6, 6.07) is 35.9. The van der Waals surface area contributed by atoms with Gasteiger partial charge in [0.05, 0.1) is 5.69 Å². The molecule has 0 bridgehead atoms. The quantitative estimate of drug-likeness (QED) is 0.163. The number of rotatable bonds is 8. The molecule has 0 amide bonds. The fraction of sp³-hybridized carbons (Fsp3) is 0.295. The first-order chi connectivity index (χ1) is 22.5. The second kappa shape index (κ2) is 11.8. The van der Waals surface area contributed by atoms with Gasteiger partial charge in [-0.05, 0) is 105 Å². The van der Waals surface area contributed by atoms with E-state index in [1.54, 1.807) is 0 Å². The molecule has 0 radical (unpaired) electrons. The topological polar surface area (TPSA) is 17.8 Å². The first-order valence-electron chi connectivity index (χ1n) is 17.1. The molecule has 3 heteroatoms. The van der Waals surface area contributed by atoms with Gasteiger partial charge in [-0.15, -0.1) is 11.3 Å². The Labute approximate surface area is 285 Å². The van der Waals surface area contributed by atoms with E-state index in [1.165, 1.54) is 71.9 Å². The molecule has 1 aliphatic rings. The zero-order valence-corrected chi connectivity index (χ0v) is 29.9. The van der Waals surface area contributed by atoms with Crippen molar-refractivity contribution in [2.45, 2.75) is 79.1 Å². The molecule has 0 N–H and O–H groups in total. The molecule has 1 fully saturated rings. The highest BCUT2D eigenvalue weighted by atomic mass is 32.1. The first-order valence-corrected chi connectivity index (χ1v) is 17.9. The number of hydrogen-bond donors (Lipinski definition) is 0. The molecule has 1 atom stereocenters. The van der Waals surface area contributed by atoms with E-state index in [2.05, 4.69) is 163 Å². The Bertz CT molecular complexity index is 2030. The SMILES string of the molecule is Cc1cc(-c2ccccc2)sc1-c1ccc(C2(C)CC2(C)C)c(-c2nccn2-c2c(C(C)C)cc(-c3ccccc3)cc2C(C)C)c1. The summed E-state index contributed by atoms with van der Waals surface area (Å²) in [6.07, 6.45) is 5.35. The third-order valence-electron chi connectivity index (χ3n) is 10.7. The Hall–Kier alpha value is -4.21. The second-order valence-corrected chi connectivity index (χ2v) is 16.0. The smallest absolute Gasteiger partial charge is 0.144 e. The molecule has 4 aromatic carbocycles. The van der Waals surface area contributed by atoms with Gasteiger partial charge in [0.2, 0.25) is 0 Å². The predicted molar refractivity (Wildman–Crippen MR) is 202 cm³/mol. The van der Waals surface area contributed by atoms with Crippen LogP contribution in [0.25, 0.3) is 49.1 Å². The Morgan fingerprint density at radius 3 is 1.87 bits per heavy atom. The van der Waals surface area contributed by atoms with Gasteiger partial charge in [0.25, 0.3) is 0 Å². The lowest BCUT2D eigenvalue weighted by molar-refractivity contribution is 0.529. The van der Waals surface area contributed by atoms with Gasteiger partial charge < -0.3 is 0 Å². The van der Waals surface area contributed by atoms with Gasteiger partial charge >= 0.3 is 0 Å². The van der Waals surface area contributed by atoms with Crippen molar-refractivity contribution < 1.29 is 0 Å². The fourth-order valence-corrected chi connectivity index (χ4v) is 8.66. The van der Waals surface area contributed by atoms with E-state index in [-0.39, 0.29) is 10.8 Å². The number of aromatic nitrogens is 2. The molecule has 1 saturated carbocycles. The minimum atomic E-state index is 0.0935. The Kier molecular flexibility index (Phi) is 7.88. The molecule has 47 heavy (non-hydrogen) atoms. The van der Waals surface area contributed by atoms with Crippen molar-refractivity contribution >= 4 is 11.3 Å². The van der Waals surface area contributed by atoms with Gasteiger partial charge in [-0.3, -0.25) is 4.57 Å². The lowest BCUT2D eigenvalue weighted by atomic mass is 9.85. The van der Waals surface area contributed by atoms with Gasteiger partial charge in [-0.25, -0.2) is 4.98 Å². The van der Waals surface area contributed by atoms with Gasteiger partial charge in [0.1, 0.15) is 5.82 Å². The van der Waals surface area contributed by atoms with Crippen molar-refractivity contribution in [2.75, 3.05) is 0 Å². The fourth-order valence-electron chi connectivity index (χ4n) is 7.48. The van der Waals surface area contributed by atoms with Crippen LogP contribution in [0.15, 0.2) is 109 Å². The van der Waals surface area contributed by atoms with Crippen molar-refractivity contribution in [1.29, 1.82) is 0 Å². The zero-order valence-electron chi connectivity index (χ0n) is 29.1. The van der Waals surface area contributed by atoms with Crippen molar-refractivity contribution in [1.82, 2.24) is 9.55 Å². The highest BCUT2D eigenvalue weighted by molar-refractivity contribution is 7.19. The van der Waals surface area contributed by atoms with Crippen LogP contribution in [0.2, 0.25) is 0 Å². The van der Waals surface area contributed by atoms with Crippen LogP contribution >= 0.6 is 11.3 Å². The average molecular weight is 635 g/mol. The van der Waals surface area contributed by atoms with E-state index in [0.29, 0.717) is 11.8 Å². The van der Waals surface area contributed by atoms with Crippen LogP contribution in [0.3, 0.4) is 0 Å². The molecule has 2 heterocycles. The molecular formula is C44H46N2S. The third kappa shape index (κ3) is 5.49. The molecule has 0 saturated heterocycles. The van der Waals surface area contributed by atoms with Crippen LogP contribution in [0.1, 0.15) is 89.0 Å². The van der Waals surface area contributed by atoms with Crippen LogP contribution in [0.4, 0.5) is 0 Å². The van der Waals surface area contributed by atoms with Crippen LogP contribution < -0.4 is 0 Å². The molecule has 0 aliphatic heterocycles. The molecule has 238 valence electrons. The summed E-state index contributed by atoms with van der Waals surface area (Å²) in [5, 5.41) is 0. The van der Waals surface area contributed by atoms with Crippen molar-refractivity contribution in [3.63, 3.8) is 0 Å². The normalized spacial score (nSPS) is 17.1. The highest BCUT2D eigenvalue weighted by Gasteiger charge is 2.59. The minimum Gasteiger partial charge on any atom is -0.299 e. The largest absolute Gasteiger partial charge is 0.299 e. The van der Waals surface area contributed by atoms with Crippen LogP contribution in [0.5, 0.6) is 0 Å². The number of aryl methyl sites for hydroxylation is 1. The number of benzene rings is 4. The maximum Gasteiger partial charge on any atom is 0.144 e. The van der Waals surface area contributed by atoms with Gasteiger partial charge in [0.15, 0.2) is 0 Å². The molecule has 0 spiro atoms. The second-order valence-electron chi connectivity index (χ2n) is 14.9. The van der Waals surface area contributed by atoms with E-state index in [1.807, 2.05) is 17.5 Å². The summed E-state index contributed by atoms with van der Waals surface area (Å²) >= 11 is 1.89. The van der Waals surface area contributed by atoms with Crippen LogP contribution in [0, 0.1) is 12.3 Å². The monoisotopic (exact) mass is 634 g/mol. The Morgan fingerprint density at radius 1 is 0.702 bits per heavy atom. The number of imidazole rings is 1. The summed E-state index contributed by atoms with van der Waals surface area (Å²) in [6.45, 7) is 18.8. The van der Waals surface area contributed by atoms with Gasteiger partial charge in [-0.1, -0.05) is 121 Å². The summed E-state index contributed by atoms with van der Waals surface area (Å²) in [5.74, 6) is 1.72. The lowest BCUT2D eigenvalue weighted by Crippen LogP contribution is -2.13. The standard InChI is InChI=1S/C44H46N2S/c1-28(2)35-25-34(31-15-11-9-12-16-31)26-36(29(3)4)40(35)46-22-21-45-42(46)37-24-33(19-20-38(37)44(8)27-43(44,6)7)41-30(5)23-39(47-41)32-17-13-10-14-18-32/h9-26,28-29H,27H2,1-8H3. The number of nitrogens with zero attached hydrogens (tertiary/aromatic N) is 2. The van der Waals surface area contributed by atoms with E-state index in [0.717, 1.165) is 5.82 Å². The Balaban J connectivity index is 1.44. The maximum atomic E-state index is 5.17. The Morgan fingerprint density at radius 2 is 1.30 bits per heavy atom. The highest BCUT2D eigenvalue weighted by Crippen LogP contribution is 2.65. The molecular weight excluding hydrogens is 589 g/mol. The summed E-state index contributed by atoms with van der Waals surface area (Å²) in [4.78, 5) is 7.80. The summed E-state index contributed by atoms with van der Waals surface area (Å²) in [5.41, 5.74) is 13.3. The van der Waals surface area contributed by atoms with Crippen LogP contribution in [-0.2, 0) is 5.41 Å². The molecule has 6 aromatic rings. The molecule has 1 unspecified atom stereocenters. The molecule has 2 aromatic heterocycles. The van der Waals surface area contributed by atoms with E-state index < -0.39 is 0 Å². The van der Waals surface area contributed by atoms with Crippen molar-refractivity contribution in [3.05, 3.63) is 132 Å². The molecule has 2 nitrogen and oxygen atoms in total. The summed E-state index contributed by atoms with van der Waals surface area (Å²) < 4.78 is 2.40. The average Bonchev–Trinajstić information content (AvgIpc) is 3.43. The summed E-state index contributed by atoms with van der Waals surface area (Å²) in [7, 11) is 0. The van der Waals surface area contributed by atoms with Gasteiger partial charge in [0, 0.05) is 27.7 Å². The lowest BCUT2D eigenvalue weighted by Gasteiger charge is -2.25. The first kappa shape index (κ1) is 31.4. The minimum absolute atomic E-state index is 0.0935. The number of thiophene rings is 1. The van der Waals surface area contributed by atoms with Crippen molar-refractivity contribution in [2.24, 2.45) is 5.41 Å². The maximum absolute atomic E-state index is 5.17. The van der Waals surface area contributed by atoms with E-state index in [4.69, 9.17) is 4.98 Å². The zero-order chi connectivity index (χ0) is 33.1.